The third kappa shape index (κ3) is 5.80. The maximum absolute atomic E-state index is 5.90. The van der Waals surface area contributed by atoms with Crippen molar-refractivity contribution in [3.05, 3.63) is 0 Å². The molecule has 0 saturated heterocycles. The summed E-state index contributed by atoms with van der Waals surface area (Å²) in [6, 6.07) is 0. The van der Waals surface area contributed by atoms with Crippen LogP contribution >= 0.6 is 11.8 Å². The van der Waals surface area contributed by atoms with E-state index in [0.29, 0.717) is 0 Å². The predicted molar refractivity (Wildman–Crippen MR) is 65.9 cm³/mol. The maximum atomic E-state index is 5.90. The van der Waals surface area contributed by atoms with E-state index in [1.165, 1.54) is 0 Å². The second kappa shape index (κ2) is 9.27. The van der Waals surface area contributed by atoms with E-state index in [2.05, 4.69) is 26.1 Å². The molecule has 0 rings (SSSR count). The number of hydrogen-bond acceptors (Lipinski definition) is 4. The van der Waals surface area contributed by atoms with Crippen LogP contribution in [-0.4, -0.2) is 49.1 Å². The summed E-state index contributed by atoms with van der Waals surface area (Å²) in [6.07, 6.45) is 0. The Labute approximate surface area is 97.3 Å². The first-order chi connectivity index (χ1) is 6.74. The molecule has 1 N–H and O–H groups in total. The second-order valence-corrected chi connectivity index (χ2v) is 15.3. The van der Waals surface area contributed by atoms with Crippen molar-refractivity contribution in [3.63, 3.8) is 0 Å². The monoisotopic (exact) mass is 329 g/mol. The quantitative estimate of drug-likeness (QED) is 0.398. The van der Waals surface area contributed by atoms with Gasteiger partial charge < -0.3 is 0 Å². The average Bonchev–Trinajstić information content (AvgIpc) is 2.19. The van der Waals surface area contributed by atoms with Gasteiger partial charge >= 0.3 is 97.5 Å². The van der Waals surface area contributed by atoms with E-state index in [1.54, 1.807) is 0 Å². The Balaban J connectivity index is 4.03. The van der Waals surface area contributed by atoms with Gasteiger partial charge in [-0.3, -0.25) is 0 Å². The van der Waals surface area contributed by atoms with Crippen LogP contribution in [0.5, 0.6) is 0 Å². The molecule has 0 atom stereocenters. The van der Waals surface area contributed by atoms with E-state index in [-0.39, 0.29) is 0 Å². The molecule has 0 aliphatic rings. The molecule has 0 amide bonds. The first-order valence-corrected chi connectivity index (χ1v) is 12.8. The fourth-order valence-corrected chi connectivity index (χ4v) is 13.4. The van der Waals surface area contributed by atoms with Crippen LogP contribution in [-0.2, 0) is 6.15 Å². The zero-order valence-electron chi connectivity index (χ0n) is 9.76. The molecule has 14 heavy (non-hydrogen) atoms. The van der Waals surface area contributed by atoms with Crippen molar-refractivity contribution in [3.8, 4) is 0 Å². The van der Waals surface area contributed by atoms with Crippen molar-refractivity contribution >= 4 is 31.0 Å². The minimum absolute atomic E-state index is 0.796. The van der Waals surface area contributed by atoms with Gasteiger partial charge in [-0.15, -0.1) is 0 Å². The molecule has 0 radical (unpaired) electrons. The van der Waals surface area contributed by atoms with Crippen molar-refractivity contribution < 1.29 is 6.15 Å². The van der Waals surface area contributed by atoms with Gasteiger partial charge in [0.1, 0.15) is 0 Å². The van der Waals surface area contributed by atoms with Gasteiger partial charge in [0.05, 0.1) is 0 Å². The third-order valence-electron chi connectivity index (χ3n) is 1.92. The molecule has 0 aromatic rings. The molecule has 0 aliphatic heterocycles. The second-order valence-electron chi connectivity index (χ2n) is 2.98. The number of thioether (sulfide) groups is 1. The Hall–Kier alpha value is 1.03. The van der Waals surface area contributed by atoms with Crippen molar-refractivity contribution in [2.24, 2.45) is 0 Å². The SMILES string of the molecule is CC[O][Sn]([CH2]C)([CH2]SCNC)[O]CC. The number of hydrogen-bond donors (Lipinski definition) is 1. The molecule has 0 aromatic carbocycles. The Morgan fingerprint density at radius 1 is 1.14 bits per heavy atom. The summed E-state index contributed by atoms with van der Waals surface area (Å²) >= 11 is -0.755. The predicted octanol–water partition coefficient (Wildman–Crippen LogP) is 1.97. The molecule has 0 spiro atoms. The van der Waals surface area contributed by atoms with Crippen molar-refractivity contribution in [1.82, 2.24) is 5.32 Å². The fourth-order valence-electron chi connectivity index (χ4n) is 1.27. The summed E-state index contributed by atoms with van der Waals surface area (Å²) in [4.78, 5) is 0. The van der Waals surface area contributed by atoms with Crippen LogP contribution < -0.4 is 5.32 Å². The van der Waals surface area contributed by atoms with Gasteiger partial charge in [0, 0.05) is 0 Å². The van der Waals surface area contributed by atoms with Gasteiger partial charge in [-0.05, 0) is 0 Å². The van der Waals surface area contributed by atoms with Crippen LogP contribution in [0.4, 0.5) is 0 Å². The van der Waals surface area contributed by atoms with Crippen molar-refractivity contribution in [2.45, 2.75) is 25.2 Å². The molecule has 0 bridgehead atoms. The van der Waals surface area contributed by atoms with Crippen LogP contribution in [0.25, 0.3) is 0 Å². The van der Waals surface area contributed by atoms with Crippen LogP contribution in [0.1, 0.15) is 20.8 Å². The average molecular weight is 328 g/mol. The van der Waals surface area contributed by atoms with Crippen LogP contribution in [0.2, 0.25) is 4.44 Å². The Kier molecular flexibility index (Phi) is 9.95. The van der Waals surface area contributed by atoms with Crippen molar-refractivity contribution in [2.75, 3.05) is 29.9 Å². The van der Waals surface area contributed by atoms with E-state index in [4.69, 9.17) is 6.15 Å². The van der Waals surface area contributed by atoms with Gasteiger partial charge in [0.25, 0.3) is 0 Å². The first-order valence-electron chi connectivity index (χ1n) is 5.24. The Morgan fingerprint density at radius 3 is 2.07 bits per heavy atom. The molecule has 0 unspecified atom stereocenters. The van der Waals surface area contributed by atoms with E-state index in [0.717, 1.165) is 27.3 Å². The third-order valence-corrected chi connectivity index (χ3v) is 16.3. The van der Waals surface area contributed by atoms with Crippen LogP contribution in [0.3, 0.4) is 0 Å². The minimum atomic E-state index is -2.65. The van der Waals surface area contributed by atoms with Gasteiger partial charge in [0.2, 0.25) is 0 Å². The molecule has 86 valence electrons. The van der Waals surface area contributed by atoms with E-state index >= 15 is 0 Å². The van der Waals surface area contributed by atoms with Gasteiger partial charge in [-0.1, -0.05) is 0 Å². The molecular formula is C9H23NO2SSn. The molecule has 3 nitrogen and oxygen atoms in total. The molecule has 5 heteroatoms. The summed E-state index contributed by atoms with van der Waals surface area (Å²) < 4.78 is 14.0. The summed E-state index contributed by atoms with van der Waals surface area (Å²) in [5.74, 6) is 0.985. The van der Waals surface area contributed by atoms with E-state index in [9.17, 15) is 0 Å². The Morgan fingerprint density at radius 2 is 1.71 bits per heavy atom. The summed E-state index contributed by atoms with van der Waals surface area (Å²) in [5.41, 5.74) is 0. The summed E-state index contributed by atoms with van der Waals surface area (Å²) in [6.45, 7) is 7.90. The van der Waals surface area contributed by atoms with Gasteiger partial charge in [0.15, 0.2) is 0 Å². The summed E-state index contributed by atoms with van der Waals surface area (Å²) in [7, 11) is 1.97. The molecular weight excluding hydrogens is 305 g/mol. The fraction of sp³-hybridized carbons (Fsp3) is 1.00. The molecule has 0 saturated carbocycles. The molecule has 0 fully saturated rings. The molecule has 0 heterocycles. The van der Waals surface area contributed by atoms with E-state index in [1.807, 2.05) is 18.8 Å². The van der Waals surface area contributed by atoms with Crippen molar-refractivity contribution in [1.29, 1.82) is 0 Å². The zero-order chi connectivity index (χ0) is 10.9. The number of nitrogens with one attached hydrogen (secondary N) is 1. The number of rotatable bonds is 9. The Bertz CT molecular complexity index is 132. The van der Waals surface area contributed by atoms with Gasteiger partial charge in [-0.2, -0.15) is 0 Å². The first kappa shape index (κ1) is 15.0. The standard InChI is InChI=1S/C3H8NS.2C2H5O.C2H5.Sn/c1-4-3-5-2;2*1-2-3;1-2;/h4H,2-3H2,1H3;2*2H2,1H3;1H2,2H3;/q;2*-1;;+2. The van der Waals surface area contributed by atoms with Crippen LogP contribution in [0.15, 0.2) is 0 Å². The molecule has 0 aromatic heterocycles. The molecule has 0 aliphatic carbocycles. The van der Waals surface area contributed by atoms with E-state index < -0.39 is 19.2 Å². The zero-order valence-corrected chi connectivity index (χ0v) is 13.4. The van der Waals surface area contributed by atoms with Gasteiger partial charge in [-0.25, -0.2) is 0 Å². The normalized spacial score (nSPS) is 12.0. The topological polar surface area (TPSA) is 30.5 Å². The summed E-state index contributed by atoms with van der Waals surface area (Å²) in [5, 5.41) is 3.13. The van der Waals surface area contributed by atoms with Crippen LogP contribution in [0, 0.1) is 0 Å².